The molecule has 4 nitrogen and oxygen atoms in total. The number of pyridine rings is 1. The van der Waals surface area contributed by atoms with Crippen LogP contribution in [0.4, 0.5) is 0 Å². The maximum atomic E-state index is 11.9. The summed E-state index contributed by atoms with van der Waals surface area (Å²) >= 11 is 0. The van der Waals surface area contributed by atoms with Gasteiger partial charge in [0.25, 0.3) is 5.56 Å². The van der Waals surface area contributed by atoms with E-state index in [0.29, 0.717) is 6.54 Å². The Morgan fingerprint density at radius 2 is 2.00 bits per heavy atom. The molecule has 0 unspecified atom stereocenters. The van der Waals surface area contributed by atoms with E-state index in [1.807, 2.05) is 25.1 Å². The highest BCUT2D eigenvalue weighted by molar-refractivity contribution is 5.57. The van der Waals surface area contributed by atoms with Crippen molar-refractivity contribution >= 4 is 0 Å². The number of aromatic nitrogens is 3. The molecule has 0 aliphatic carbocycles. The lowest BCUT2D eigenvalue weighted by molar-refractivity contribution is 0.542. The summed E-state index contributed by atoms with van der Waals surface area (Å²) < 4.78 is 1.56. The van der Waals surface area contributed by atoms with E-state index in [1.165, 1.54) is 0 Å². The molecule has 4 heteroatoms. The van der Waals surface area contributed by atoms with Crippen LogP contribution >= 0.6 is 0 Å². The third kappa shape index (κ3) is 2.64. The number of rotatable bonds is 4. The van der Waals surface area contributed by atoms with Gasteiger partial charge in [0, 0.05) is 30.1 Å². The van der Waals surface area contributed by atoms with Crippen molar-refractivity contribution in [1.82, 2.24) is 14.8 Å². The largest absolute Gasteiger partial charge is 0.269 e. The van der Waals surface area contributed by atoms with Crippen LogP contribution in [0.5, 0.6) is 0 Å². The molecule has 0 spiro atoms. The lowest BCUT2D eigenvalue weighted by Crippen LogP contribution is -2.25. The van der Waals surface area contributed by atoms with Crippen molar-refractivity contribution in [3.8, 4) is 11.3 Å². The molecule has 0 amide bonds. The van der Waals surface area contributed by atoms with E-state index in [1.54, 1.807) is 17.1 Å². The second kappa shape index (κ2) is 5.58. The third-order valence-corrected chi connectivity index (χ3v) is 2.85. The minimum Gasteiger partial charge on any atom is -0.268 e. The van der Waals surface area contributed by atoms with Crippen LogP contribution in [0.25, 0.3) is 11.3 Å². The van der Waals surface area contributed by atoms with Gasteiger partial charge in [-0.05, 0) is 31.5 Å². The van der Waals surface area contributed by atoms with Crippen molar-refractivity contribution in [2.45, 2.75) is 33.2 Å². The highest BCUT2D eigenvalue weighted by atomic mass is 16.1. The van der Waals surface area contributed by atoms with Crippen molar-refractivity contribution in [2.75, 3.05) is 0 Å². The van der Waals surface area contributed by atoms with Crippen LogP contribution in [0, 0.1) is 6.92 Å². The van der Waals surface area contributed by atoms with Gasteiger partial charge in [-0.15, -0.1) is 0 Å². The van der Waals surface area contributed by atoms with Gasteiger partial charge >= 0.3 is 0 Å². The Kier molecular flexibility index (Phi) is 3.87. The molecule has 0 saturated heterocycles. The molecular weight excluding hydrogens is 226 g/mol. The number of aryl methyl sites for hydroxylation is 2. The Balaban J connectivity index is 2.44. The number of unbranched alkanes of at least 4 members (excludes halogenated alkanes) is 1. The van der Waals surface area contributed by atoms with Crippen LogP contribution in [0.3, 0.4) is 0 Å². The molecule has 2 heterocycles. The van der Waals surface area contributed by atoms with E-state index in [4.69, 9.17) is 0 Å². The Bertz CT molecular complexity index is 575. The number of hydrogen-bond acceptors (Lipinski definition) is 3. The first-order chi connectivity index (χ1) is 8.72. The van der Waals surface area contributed by atoms with Gasteiger partial charge in [0.2, 0.25) is 0 Å². The molecule has 0 aliphatic rings. The lowest BCUT2D eigenvalue weighted by atomic mass is 10.1. The first-order valence-electron chi connectivity index (χ1n) is 6.21. The van der Waals surface area contributed by atoms with Gasteiger partial charge in [-0.25, -0.2) is 4.68 Å². The molecule has 0 aliphatic heterocycles. The molecule has 94 valence electrons. The summed E-state index contributed by atoms with van der Waals surface area (Å²) in [5.74, 6) is 0. The first-order valence-corrected chi connectivity index (χ1v) is 6.21. The summed E-state index contributed by atoms with van der Waals surface area (Å²) in [6.45, 7) is 4.61. The Morgan fingerprint density at radius 1 is 1.28 bits per heavy atom. The summed E-state index contributed by atoms with van der Waals surface area (Å²) in [5.41, 5.74) is 2.54. The second-order valence-corrected chi connectivity index (χ2v) is 4.33. The van der Waals surface area contributed by atoms with Crippen molar-refractivity contribution in [3.63, 3.8) is 0 Å². The van der Waals surface area contributed by atoms with Gasteiger partial charge in [-0.2, -0.15) is 5.10 Å². The second-order valence-electron chi connectivity index (χ2n) is 4.33. The Hall–Kier alpha value is -1.97. The van der Waals surface area contributed by atoms with Crippen LogP contribution in [-0.4, -0.2) is 14.8 Å². The zero-order valence-corrected chi connectivity index (χ0v) is 10.8. The molecule has 18 heavy (non-hydrogen) atoms. The SMILES string of the molecule is CCCCn1nc(-c2ccncc2)cc(C)c1=O. The summed E-state index contributed by atoms with van der Waals surface area (Å²) in [6, 6.07) is 5.63. The van der Waals surface area contributed by atoms with Crippen molar-refractivity contribution in [3.05, 3.63) is 46.5 Å². The monoisotopic (exact) mass is 243 g/mol. The predicted octanol–water partition coefficient (Wildman–Crippen LogP) is 2.41. The minimum absolute atomic E-state index is 0.00116. The average molecular weight is 243 g/mol. The van der Waals surface area contributed by atoms with E-state index in [-0.39, 0.29) is 5.56 Å². The lowest BCUT2D eigenvalue weighted by Gasteiger charge is -2.08. The minimum atomic E-state index is 0.00116. The van der Waals surface area contributed by atoms with Gasteiger partial charge < -0.3 is 0 Å². The summed E-state index contributed by atoms with van der Waals surface area (Å²) in [7, 11) is 0. The fourth-order valence-electron chi connectivity index (χ4n) is 1.80. The summed E-state index contributed by atoms with van der Waals surface area (Å²) in [5, 5.41) is 4.42. The highest BCUT2D eigenvalue weighted by Gasteiger charge is 2.06. The van der Waals surface area contributed by atoms with E-state index in [2.05, 4.69) is 17.0 Å². The number of hydrogen-bond donors (Lipinski definition) is 0. The zero-order valence-electron chi connectivity index (χ0n) is 10.8. The first kappa shape index (κ1) is 12.5. The molecule has 0 saturated carbocycles. The van der Waals surface area contributed by atoms with Crippen molar-refractivity contribution < 1.29 is 0 Å². The van der Waals surface area contributed by atoms with Gasteiger partial charge in [-0.1, -0.05) is 13.3 Å². The number of nitrogens with zero attached hydrogens (tertiary/aromatic N) is 3. The highest BCUT2D eigenvalue weighted by Crippen LogP contribution is 2.14. The van der Waals surface area contributed by atoms with Crippen molar-refractivity contribution in [2.24, 2.45) is 0 Å². The van der Waals surface area contributed by atoms with Gasteiger partial charge in [-0.3, -0.25) is 9.78 Å². The molecule has 0 radical (unpaired) electrons. The van der Waals surface area contributed by atoms with E-state index >= 15 is 0 Å². The molecule has 0 N–H and O–H groups in total. The quantitative estimate of drug-likeness (QED) is 0.828. The standard InChI is InChI=1S/C14H17N3O/c1-3-4-9-17-14(18)11(2)10-13(16-17)12-5-7-15-8-6-12/h5-8,10H,3-4,9H2,1-2H3. The van der Waals surface area contributed by atoms with E-state index in [9.17, 15) is 4.79 Å². The summed E-state index contributed by atoms with van der Waals surface area (Å²) in [4.78, 5) is 15.9. The van der Waals surface area contributed by atoms with Crippen LogP contribution in [0.2, 0.25) is 0 Å². The Morgan fingerprint density at radius 3 is 2.67 bits per heavy atom. The van der Waals surface area contributed by atoms with Gasteiger partial charge in [0.15, 0.2) is 0 Å². The predicted molar refractivity (Wildman–Crippen MR) is 71.4 cm³/mol. The van der Waals surface area contributed by atoms with Gasteiger partial charge in [0.05, 0.1) is 5.69 Å². The molecule has 0 atom stereocenters. The van der Waals surface area contributed by atoms with Crippen LogP contribution in [-0.2, 0) is 6.54 Å². The zero-order chi connectivity index (χ0) is 13.0. The fraction of sp³-hybridized carbons (Fsp3) is 0.357. The molecular formula is C14H17N3O. The van der Waals surface area contributed by atoms with E-state index in [0.717, 1.165) is 29.7 Å². The van der Waals surface area contributed by atoms with Crippen molar-refractivity contribution in [1.29, 1.82) is 0 Å². The molecule has 0 aromatic carbocycles. The molecule has 2 aromatic rings. The maximum Gasteiger partial charge on any atom is 0.269 e. The summed E-state index contributed by atoms with van der Waals surface area (Å²) in [6.07, 6.45) is 5.47. The molecule has 2 aromatic heterocycles. The molecule has 0 fully saturated rings. The van der Waals surface area contributed by atoms with Crippen LogP contribution in [0.1, 0.15) is 25.3 Å². The van der Waals surface area contributed by atoms with E-state index < -0.39 is 0 Å². The topological polar surface area (TPSA) is 47.8 Å². The maximum absolute atomic E-state index is 11.9. The van der Waals surface area contributed by atoms with Gasteiger partial charge in [0.1, 0.15) is 0 Å². The normalized spacial score (nSPS) is 10.6. The third-order valence-electron chi connectivity index (χ3n) is 2.85. The average Bonchev–Trinajstić information content (AvgIpc) is 2.41. The molecule has 0 bridgehead atoms. The smallest absolute Gasteiger partial charge is 0.268 e. The fourth-order valence-corrected chi connectivity index (χ4v) is 1.80. The molecule has 2 rings (SSSR count). The Labute approximate surface area is 106 Å². The van der Waals surface area contributed by atoms with Crippen LogP contribution in [0.15, 0.2) is 35.4 Å². The van der Waals surface area contributed by atoms with Crippen LogP contribution < -0.4 is 5.56 Å².